The molecule has 7 rings (SSSR count). The predicted octanol–water partition coefficient (Wildman–Crippen LogP) is 6.60. The van der Waals surface area contributed by atoms with Crippen LogP contribution in [0, 0.1) is 18.7 Å². The summed E-state index contributed by atoms with van der Waals surface area (Å²) in [6.07, 6.45) is 5.24. The molecular formula is C35H40ClFN2O6S. The Labute approximate surface area is 274 Å². The SMILES string of the molecule is Cc1cccc(Cl)c1-c1noc(C2CC2)c1CO[C@@H]1C[C@@H]2C[C@H]1CN2c1ccc(CCC(=O)CS(=O)(=O)C2CCOCC2)cc1F. The number of carbonyl (C=O) groups excluding carboxylic acids is 1. The number of aromatic nitrogens is 1. The summed E-state index contributed by atoms with van der Waals surface area (Å²) in [5.74, 6) is 0.468. The van der Waals surface area contributed by atoms with E-state index in [4.69, 9.17) is 25.6 Å². The number of halogens is 2. The molecule has 1 aromatic heterocycles. The molecule has 2 aliphatic carbocycles. The Morgan fingerprint density at radius 1 is 1.13 bits per heavy atom. The third-order valence-corrected chi connectivity index (χ3v) is 12.7. The summed E-state index contributed by atoms with van der Waals surface area (Å²) in [6, 6.07) is 11.1. The number of fused-ring (bicyclic) bond motifs is 2. The first-order valence-corrected chi connectivity index (χ1v) is 18.5. The second kappa shape index (κ2) is 13.0. The number of hydrogen-bond acceptors (Lipinski definition) is 8. The Morgan fingerprint density at radius 3 is 2.63 bits per heavy atom. The van der Waals surface area contributed by atoms with E-state index < -0.39 is 20.8 Å². The third kappa shape index (κ3) is 6.50. The van der Waals surface area contributed by atoms with Gasteiger partial charge in [-0.05, 0) is 81.2 Å². The van der Waals surface area contributed by atoms with Crippen LogP contribution in [0.1, 0.15) is 73.3 Å². The zero-order valence-corrected chi connectivity index (χ0v) is 27.6. The molecule has 0 spiro atoms. The van der Waals surface area contributed by atoms with Crippen LogP contribution in [0.3, 0.4) is 0 Å². The van der Waals surface area contributed by atoms with Gasteiger partial charge in [-0.15, -0.1) is 0 Å². The standard InChI is InChI=1S/C35H40ClFN2O6S/c1-21-3-2-4-29(36)33(21)34-28(35(45-38-34)23-7-8-23)19-44-32-17-25-16-24(32)18-39(25)31-10-6-22(15-30(31)37)5-9-26(40)20-46(41,42)27-11-13-43-14-12-27/h2-4,6,10,15,23-25,27,32H,5,7-9,11-14,16-20H2,1H3/t24-,25-,32+/m0/s1. The fraction of sp³-hybridized carbons (Fsp3) is 0.543. The summed E-state index contributed by atoms with van der Waals surface area (Å²) in [4.78, 5) is 14.7. The van der Waals surface area contributed by atoms with Crippen molar-refractivity contribution >= 4 is 32.9 Å². The van der Waals surface area contributed by atoms with Gasteiger partial charge >= 0.3 is 0 Å². The topological polar surface area (TPSA) is 98.9 Å². The highest BCUT2D eigenvalue weighted by molar-refractivity contribution is 7.92. The summed E-state index contributed by atoms with van der Waals surface area (Å²) in [5.41, 5.74) is 4.93. The number of nitrogens with zero attached hydrogens (tertiary/aromatic N) is 2. The number of hydrogen-bond donors (Lipinski definition) is 0. The monoisotopic (exact) mass is 670 g/mol. The zero-order valence-electron chi connectivity index (χ0n) is 26.1. The first-order chi connectivity index (χ1) is 22.2. The van der Waals surface area contributed by atoms with Crippen LogP contribution in [0.4, 0.5) is 10.1 Å². The molecule has 8 nitrogen and oxygen atoms in total. The van der Waals surface area contributed by atoms with Gasteiger partial charge in [-0.1, -0.05) is 35.0 Å². The van der Waals surface area contributed by atoms with Crippen LogP contribution in [0.25, 0.3) is 11.3 Å². The van der Waals surface area contributed by atoms with Gasteiger partial charge in [-0.3, -0.25) is 4.79 Å². The highest BCUT2D eigenvalue weighted by Crippen LogP contribution is 2.47. The highest BCUT2D eigenvalue weighted by atomic mass is 35.5. The minimum absolute atomic E-state index is 0.0640. The molecule has 2 aliphatic heterocycles. The first-order valence-electron chi connectivity index (χ1n) is 16.4. The van der Waals surface area contributed by atoms with Crippen molar-refractivity contribution in [3.8, 4) is 11.3 Å². The zero-order chi connectivity index (χ0) is 32.0. The van der Waals surface area contributed by atoms with E-state index in [2.05, 4.69) is 10.1 Å². The lowest BCUT2D eigenvalue weighted by atomic mass is 10.00. The molecular weight excluding hydrogens is 631 g/mol. The number of anilines is 1. The van der Waals surface area contributed by atoms with Gasteiger partial charge in [-0.25, -0.2) is 12.8 Å². The van der Waals surface area contributed by atoms with Crippen molar-refractivity contribution in [2.24, 2.45) is 5.92 Å². The van der Waals surface area contributed by atoms with Crippen molar-refractivity contribution in [3.63, 3.8) is 0 Å². The van der Waals surface area contributed by atoms with E-state index in [1.54, 1.807) is 6.07 Å². The number of sulfone groups is 1. The van der Waals surface area contributed by atoms with Gasteiger partial charge in [0.2, 0.25) is 0 Å². The number of Topliss-reactive ketones (excluding diaryl/α,β-unsaturated/α-hetero) is 1. The molecule has 2 bridgehead atoms. The van der Waals surface area contributed by atoms with Gasteiger partial charge in [0.15, 0.2) is 9.84 Å². The van der Waals surface area contributed by atoms with Gasteiger partial charge in [0, 0.05) is 55.2 Å². The number of rotatable bonds is 12. The Hall–Kier alpha value is -2.79. The molecule has 3 heterocycles. The average Bonchev–Trinajstić information content (AvgIpc) is 3.49. The van der Waals surface area contributed by atoms with Gasteiger partial charge in [0.05, 0.1) is 28.7 Å². The number of ether oxygens (including phenoxy) is 2. The van der Waals surface area contributed by atoms with E-state index in [0.717, 1.165) is 53.8 Å². The van der Waals surface area contributed by atoms with Crippen molar-refractivity contribution in [1.29, 1.82) is 0 Å². The quantitative estimate of drug-likeness (QED) is 0.213. The summed E-state index contributed by atoms with van der Waals surface area (Å²) in [6.45, 7) is 3.96. The molecule has 2 saturated heterocycles. The summed E-state index contributed by atoms with van der Waals surface area (Å²) in [7, 11) is -3.50. The molecule has 3 aromatic rings. The number of piperidine rings is 1. The number of ketones is 1. The molecule has 4 aliphatic rings. The number of carbonyl (C=O) groups is 1. The van der Waals surface area contributed by atoms with E-state index >= 15 is 4.39 Å². The summed E-state index contributed by atoms with van der Waals surface area (Å²) < 4.78 is 58.3. The Balaban J connectivity index is 0.951. The maximum absolute atomic E-state index is 15.4. The lowest BCUT2D eigenvalue weighted by Crippen LogP contribution is -2.39. The molecule has 0 amide bonds. The maximum atomic E-state index is 15.4. The molecule has 0 radical (unpaired) electrons. The lowest BCUT2D eigenvalue weighted by Gasteiger charge is -2.33. The fourth-order valence-electron chi connectivity index (χ4n) is 7.52. The molecule has 0 N–H and O–H groups in total. The Kier molecular flexibility index (Phi) is 9.00. The van der Waals surface area contributed by atoms with Gasteiger partial charge in [-0.2, -0.15) is 0 Å². The molecule has 11 heteroatoms. The van der Waals surface area contributed by atoms with Crippen LogP contribution >= 0.6 is 11.6 Å². The number of benzene rings is 2. The Morgan fingerprint density at radius 2 is 1.93 bits per heavy atom. The van der Waals surface area contributed by atoms with Crippen LogP contribution < -0.4 is 4.90 Å². The van der Waals surface area contributed by atoms with E-state index in [-0.39, 0.29) is 36.1 Å². The smallest absolute Gasteiger partial charge is 0.160 e. The first kappa shape index (κ1) is 31.8. The van der Waals surface area contributed by atoms with Crippen molar-refractivity contribution in [2.45, 2.75) is 88.2 Å². The highest BCUT2D eigenvalue weighted by Gasteiger charge is 2.46. The van der Waals surface area contributed by atoms with Crippen LogP contribution in [0.2, 0.25) is 5.02 Å². The van der Waals surface area contributed by atoms with Crippen LogP contribution in [-0.2, 0) is 37.1 Å². The maximum Gasteiger partial charge on any atom is 0.160 e. The Bertz CT molecular complexity index is 1700. The molecule has 246 valence electrons. The van der Waals surface area contributed by atoms with Crippen LogP contribution in [0.5, 0.6) is 0 Å². The molecule has 4 fully saturated rings. The second-order valence-electron chi connectivity index (χ2n) is 13.4. The molecule has 2 aromatic carbocycles. The summed E-state index contributed by atoms with van der Waals surface area (Å²) in [5, 5.41) is 4.58. The van der Waals surface area contributed by atoms with Gasteiger partial charge in [0.1, 0.15) is 28.8 Å². The second-order valence-corrected chi connectivity index (χ2v) is 16.1. The van der Waals surface area contributed by atoms with E-state index in [0.29, 0.717) is 67.8 Å². The van der Waals surface area contributed by atoms with E-state index in [9.17, 15) is 13.2 Å². The number of aryl methyl sites for hydroxylation is 2. The summed E-state index contributed by atoms with van der Waals surface area (Å²) >= 11 is 6.60. The molecule has 3 atom stereocenters. The van der Waals surface area contributed by atoms with Gasteiger partial charge < -0.3 is 18.9 Å². The van der Waals surface area contributed by atoms with E-state index in [1.807, 2.05) is 31.2 Å². The molecule has 46 heavy (non-hydrogen) atoms. The minimum atomic E-state index is -3.50. The van der Waals surface area contributed by atoms with Crippen molar-refractivity contribution in [3.05, 3.63) is 69.7 Å². The van der Waals surface area contributed by atoms with Crippen molar-refractivity contribution in [1.82, 2.24) is 5.16 Å². The minimum Gasteiger partial charge on any atom is -0.381 e. The molecule has 2 saturated carbocycles. The third-order valence-electron chi connectivity index (χ3n) is 10.2. The normalized spacial score (nSPS) is 23.4. The van der Waals surface area contributed by atoms with Crippen molar-refractivity contribution in [2.75, 3.05) is 30.4 Å². The van der Waals surface area contributed by atoms with Gasteiger partial charge in [0.25, 0.3) is 0 Å². The average molecular weight is 671 g/mol. The van der Waals surface area contributed by atoms with Crippen LogP contribution in [-0.4, -0.2) is 62.3 Å². The molecule has 0 unspecified atom stereocenters. The van der Waals surface area contributed by atoms with Crippen LogP contribution in [0.15, 0.2) is 40.9 Å². The predicted molar refractivity (Wildman–Crippen MR) is 173 cm³/mol. The largest absolute Gasteiger partial charge is 0.381 e. The fourth-order valence-corrected chi connectivity index (χ4v) is 9.57. The van der Waals surface area contributed by atoms with E-state index in [1.165, 1.54) is 6.07 Å². The van der Waals surface area contributed by atoms with Crippen molar-refractivity contribution < 1.29 is 31.6 Å². The lowest BCUT2D eigenvalue weighted by molar-refractivity contribution is -0.116.